The molecule has 0 N–H and O–H groups in total. The number of halogens is 1. The summed E-state index contributed by atoms with van der Waals surface area (Å²) >= 11 is 6.80. The molecule has 5 rings (SSSR count). The van der Waals surface area contributed by atoms with Gasteiger partial charge in [-0.1, -0.05) is 23.7 Å². The molecule has 156 valence electrons. The van der Waals surface area contributed by atoms with Gasteiger partial charge in [0.25, 0.3) is 5.91 Å². The minimum atomic E-state index is -0.444. The van der Waals surface area contributed by atoms with Crippen LogP contribution in [0.1, 0.15) is 73.6 Å². The summed E-state index contributed by atoms with van der Waals surface area (Å²) in [6, 6.07) is 7.95. The molecule has 1 aromatic carbocycles. The zero-order chi connectivity index (χ0) is 21.3. The SMILES string of the molecule is CC1(C)OB(c2cc(Cl)c(CN3Cc4cccnc4C3=O)c(C3CC3)c2)OC1(C)C. The van der Waals surface area contributed by atoms with Crippen molar-refractivity contribution in [3.05, 3.63) is 57.9 Å². The van der Waals surface area contributed by atoms with Crippen LogP contribution in [0, 0.1) is 0 Å². The van der Waals surface area contributed by atoms with Crippen molar-refractivity contribution in [1.82, 2.24) is 9.88 Å². The molecule has 0 unspecified atom stereocenters. The number of amides is 1. The summed E-state index contributed by atoms with van der Waals surface area (Å²) < 4.78 is 12.5. The Morgan fingerprint density at radius 2 is 1.90 bits per heavy atom. The van der Waals surface area contributed by atoms with Crippen LogP contribution < -0.4 is 5.46 Å². The van der Waals surface area contributed by atoms with Gasteiger partial charge in [-0.15, -0.1) is 0 Å². The number of hydrogen-bond donors (Lipinski definition) is 0. The zero-order valence-corrected chi connectivity index (χ0v) is 18.6. The van der Waals surface area contributed by atoms with Crippen LogP contribution in [0.25, 0.3) is 0 Å². The molecule has 0 atom stereocenters. The van der Waals surface area contributed by atoms with Crippen molar-refractivity contribution in [3.63, 3.8) is 0 Å². The van der Waals surface area contributed by atoms with Crippen molar-refractivity contribution in [2.45, 2.75) is 70.7 Å². The van der Waals surface area contributed by atoms with Crippen LogP contribution in [-0.2, 0) is 22.4 Å². The van der Waals surface area contributed by atoms with Gasteiger partial charge in [-0.05, 0) is 75.2 Å². The van der Waals surface area contributed by atoms with Gasteiger partial charge in [0, 0.05) is 29.9 Å². The standard InChI is InChI=1S/C23H26BClN2O3/c1-22(2)23(3,4)30-24(29-22)16-10-17(14-7-8-14)18(19(25)11-16)13-27-12-15-6-5-9-26-20(15)21(27)28/h5-6,9-11,14H,7-8,12-13H2,1-4H3. The van der Waals surface area contributed by atoms with E-state index in [2.05, 4.69) is 38.7 Å². The van der Waals surface area contributed by atoms with Crippen molar-refractivity contribution in [1.29, 1.82) is 0 Å². The van der Waals surface area contributed by atoms with Crippen molar-refractivity contribution >= 4 is 30.1 Å². The topological polar surface area (TPSA) is 51.7 Å². The van der Waals surface area contributed by atoms with E-state index in [0.29, 0.717) is 29.7 Å². The van der Waals surface area contributed by atoms with Crippen LogP contribution in [-0.4, -0.2) is 34.1 Å². The second-order valence-electron chi connectivity index (χ2n) is 9.61. The summed E-state index contributed by atoms with van der Waals surface area (Å²) in [5.41, 5.74) is 3.91. The fraction of sp³-hybridized carbons (Fsp3) is 0.478. The van der Waals surface area contributed by atoms with E-state index in [0.717, 1.165) is 29.4 Å². The highest BCUT2D eigenvalue weighted by molar-refractivity contribution is 6.62. The van der Waals surface area contributed by atoms with Crippen LogP contribution in [0.3, 0.4) is 0 Å². The minimum Gasteiger partial charge on any atom is -0.399 e. The van der Waals surface area contributed by atoms with Gasteiger partial charge in [-0.3, -0.25) is 9.78 Å². The summed E-state index contributed by atoms with van der Waals surface area (Å²) in [5.74, 6) is 0.455. The first-order chi connectivity index (χ1) is 14.2. The van der Waals surface area contributed by atoms with E-state index in [1.807, 2.05) is 23.1 Å². The Balaban J connectivity index is 1.45. The Labute approximate surface area is 182 Å². The van der Waals surface area contributed by atoms with Crippen molar-refractivity contribution in [3.8, 4) is 0 Å². The number of hydrogen-bond acceptors (Lipinski definition) is 4. The fourth-order valence-corrected chi connectivity index (χ4v) is 4.52. The first-order valence-electron chi connectivity index (χ1n) is 10.6. The number of aromatic nitrogens is 1. The summed E-state index contributed by atoms with van der Waals surface area (Å²) in [6.45, 7) is 9.26. The molecular weight excluding hydrogens is 399 g/mol. The maximum Gasteiger partial charge on any atom is 0.494 e. The molecule has 1 aromatic heterocycles. The maximum atomic E-state index is 12.8. The van der Waals surface area contributed by atoms with E-state index in [-0.39, 0.29) is 5.91 Å². The molecule has 2 aliphatic heterocycles. The van der Waals surface area contributed by atoms with Crippen molar-refractivity contribution in [2.75, 3.05) is 0 Å². The molecule has 5 nitrogen and oxygen atoms in total. The third kappa shape index (κ3) is 3.26. The van der Waals surface area contributed by atoms with E-state index in [1.165, 1.54) is 5.56 Å². The molecule has 2 aromatic rings. The van der Waals surface area contributed by atoms with Gasteiger partial charge in [0.15, 0.2) is 0 Å². The molecule has 0 radical (unpaired) electrons. The van der Waals surface area contributed by atoms with Gasteiger partial charge < -0.3 is 14.2 Å². The second-order valence-corrected chi connectivity index (χ2v) is 10.0. The molecule has 2 fully saturated rings. The van der Waals surface area contributed by atoms with Gasteiger partial charge >= 0.3 is 7.12 Å². The first-order valence-corrected chi connectivity index (χ1v) is 10.9. The summed E-state index contributed by atoms with van der Waals surface area (Å²) in [4.78, 5) is 18.9. The molecule has 0 spiro atoms. The highest BCUT2D eigenvalue weighted by Crippen LogP contribution is 2.44. The minimum absolute atomic E-state index is 0.0292. The lowest BCUT2D eigenvalue weighted by Crippen LogP contribution is -2.41. The number of nitrogens with zero attached hydrogens (tertiary/aromatic N) is 2. The predicted molar refractivity (Wildman–Crippen MR) is 117 cm³/mol. The lowest BCUT2D eigenvalue weighted by atomic mass is 9.77. The summed E-state index contributed by atoms with van der Waals surface area (Å²) in [6.07, 6.45) is 3.96. The van der Waals surface area contributed by atoms with Crippen LogP contribution >= 0.6 is 11.6 Å². The van der Waals surface area contributed by atoms with Gasteiger partial charge in [0.1, 0.15) is 5.69 Å². The van der Waals surface area contributed by atoms with E-state index >= 15 is 0 Å². The number of benzene rings is 1. The van der Waals surface area contributed by atoms with Gasteiger partial charge in [0.2, 0.25) is 0 Å². The van der Waals surface area contributed by atoms with E-state index < -0.39 is 18.3 Å². The zero-order valence-electron chi connectivity index (χ0n) is 17.9. The van der Waals surface area contributed by atoms with Gasteiger partial charge in [-0.25, -0.2) is 0 Å². The number of carbonyl (C=O) groups excluding carboxylic acids is 1. The fourth-order valence-electron chi connectivity index (χ4n) is 4.22. The highest BCUT2D eigenvalue weighted by atomic mass is 35.5. The average Bonchev–Trinajstić information content (AvgIpc) is 3.43. The van der Waals surface area contributed by atoms with E-state index in [4.69, 9.17) is 20.9 Å². The average molecular weight is 425 g/mol. The molecule has 1 aliphatic carbocycles. The van der Waals surface area contributed by atoms with E-state index in [9.17, 15) is 4.79 Å². The molecule has 7 heteroatoms. The monoisotopic (exact) mass is 424 g/mol. The van der Waals surface area contributed by atoms with E-state index in [1.54, 1.807) is 6.20 Å². The van der Waals surface area contributed by atoms with Crippen LogP contribution in [0.15, 0.2) is 30.5 Å². The number of rotatable bonds is 4. The maximum absolute atomic E-state index is 12.8. The Morgan fingerprint density at radius 1 is 1.20 bits per heavy atom. The normalized spacial score (nSPS) is 22.0. The van der Waals surface area contributed by atoms with Crippen molar-refractivity contribution < 1.29 is 14.1 Å². The quantitative estimate of drug-likeness (QED) is 0.694. The Morgan fingerprint density at radius 3 is 2.53 bits per heavy atom. The molecular formula is C23H26BClN2O3. The lowest BCUT2D eigenvalue weighted by Gasteiger charge is -2.32. The van der Waals surface area contributed by atoms with Gasteiger partial charge in [0.05, 0.1) is 11.2 Å². The molecule has 0 bridgehead atoms. The number of carbonyl (C=O) groups is 1. The molecule has 3 aliphatic rings. The Bertz CT molecular complexity index is 1020. The van der Waals surface area contributed by atoms with Gasteiger partial charge in [-0.2, -0.15) is 0 Å². The summed E-state index contributed by atoms with van der Waals surface area (Å²) in [5, 5.41) is 0.667. The highest BCUT2D eigenvalue weighted by Gasteiger charge is 2.52. The van der Waals surface area contributed by atoms with Crippen molar-refractivity contribution in [2.24, 2.45) is 0 Å². The molecule has 1 saturated heterocycles. The third-order valence-electron chi connectivity index (χ3n) is 6.89. The van der Waals surface area contributed by atoms with Crippen LogP contribution in [0.2, 0.25) is 5.02 Å². The predicted octanol–water partition coefficient (Wildman–Crippen LogP) is 4.07. The molecule has 1 amide bonds. The van der Waals surface area contributed by atoms with Crippen LogP contribution in [0.5, 0.6) is 0 Å². The second kappa shape index (κ2) is 6.81. The molecule has 3 heterocycles. The Hall–Kier alpha value is -1.89. The Kier molecular flexibility index (Phi) is 4.55. The molecule has 30 heavy (non-hydrogen) atoms. The summed E-state index contributed by atoms with van der Waals surface area (Å²) in [7, 11) is -0.444. The number of pyridine rings is 1. The number of fused-ring (bicyclic) bond motifs is 1. The largest absolute Gasteiger partial charge is 0.494 e. The third-order valence-corrected chi connectivity index (χ3v) is 7.22. The first kappa shape index (κ1) is 20.0. The lowest BCUT2D eigenvalue weighted by molar-refractivity contribution is 0.00578. The smallest absolute Gasteiger partial charge is 0.399 e. The van der Waals surface area contributed by atoms with Crippen LogP contribution in [0.4, 0.5) is 0 Å². The molecule has 1 saturated carbocycles.